The molecule has 0 aliphatic rings. The monoisotopic (exact) mass is 405 g/mol. The minimum absolute atomic E-state index is 0. The third kappa shape index (κ3) is 7.49. The lowest BCUT2D eigenvalue weighted by Crippen LogP contribution is -2.35. The third-order valence-corrected chi connectivity index (χ3v) is 2.37. The number of nitrogens with one attached hydrogen (secondary N) is 2. The van der Waals surface area contributed by atoms with Crippen LogP contribution in [0.4, 0.5) is 11.4 Å². The zero-order chi connectivity index (χ0) is 15.0. The summed E-state index contributed by atoms with van der Waals surface area (Å²) in [6.07, 6.45) is 0. The van der Waals surface area contributed by atoms with Crippen molar-refractivity contribution in [2.75, 3.05) is 25.0 Å². The van der Waals surface area contributed by atoms with Gasteiger partial charge < -0.3 is 16.4 Å². The number of hydrogen-bond acceptors (Lipinski definition) is 4. The Morgan fingerprint density at radius 1 is 1.43 bits per heavy atom. The summed E-state index contributed by atoms with van der Waals surface area (Å²) in [6, 6.07) is 6.49. The fourth-order valence-corrected chi connectivity index (χ4v) is 1.45. The minimum atomic E-state index is -0.418. The quantitative estimate of drug-likeness (QED) is 0.123. The predicted molar refractivity (Wildman–Crippen MR) is 96.3 cm³/mol. The van der Waals surface area contributed by atoms with Crippen molar-refractivity contribution in [3.05, 3.63) is 46.5 Å². The van der Waals surface area contributed by atoms with E-state index in [-0.39, 0.29) is 29.7 Å². The zero-order valence-corrected chi connectivity index (χ0v) is 14.2. The largest absolute Gasteiger partial charge is 0.378 e. The Balaban J connectivity index is 0.00000400. The molecule has 21 heavy (non-hydrogen) atoms. The molecule has 1 rings (SSSR count). The van der Waals surface area contributed by atoms with Gasteiger partial charge in [0.05, 0.1) is 11.5 Å². The van der Waals surface area contributed by atoms with Crippen LogP contribution in [0.3, 0.4) is 0 Å². The highest BCUT2D eigenvalue weighted by molar-refractivity contribution is 14.0. The maximum absolute atomic E-state index is 10.8. The first kappa shape index (κ1) is 19.2. The van der Waals surface area contributed by atoms with Gasteiger partial charge in [-0.3, -0.25) is 10.1 Å². The number of nitrogens with zero attached hydrogens (tertiary/aromatic N) is 2. The molecule has 4 N–H and O–H groups in total. The first-order chi connectivity index (χ1) is 9.50. The molecule has 0 aliphatic heterocycles. The van der Waals surface area contributed by atoms with Crippen LogP contribution in [0.2, 0.25) is 0 Å². The molecule has 0 amide bonds. The van der Waals surface area contributed by atoms with Gasteiger partial charge in [0.2, 0.25) is 0 Å². The molecule has 0 saturated carbocycles. The molecule has 7 nitrogen and oxygen atoms in total. The van der Waals surface area contributed by atoms with Crippen molar-refractivity contribution in [1.82, 2.24) is 5.32 Å². The lowest BCUT2D eigenvalue weighted by atomic mass is 10.2. The minimum Gasteiger partial charge on any atom is -0.378 e. The van der Waals surface area contributed by atoms with Crippen molar-refractivity contribution >= 4 is 41.3 Å². The molecule has 0 fully saturated rings. The molecular formula is C13H20IN5O2. The Morgan fingerprint density at radius 3 is 2.71 bits per heavy atom. The van der Waals surface area contributed by atoms with Gasteiger partial charge in [-0.15, -0.1) is 24.0 Å². The third-order valence-electron chi connectivity index (χ3n) is 2.37. The lowest BCUT2D eigenvalue weighted by molar-refractivity contribution is -0.384. The molecule has 0 radical (unpaired) electrons. The van der Waals surface area contributed by atoms with Gasteiger partial charge in [0, 0.05) is 19.2 Å². The lowest BCUT2D eigenvalue weighted by Gasteiger charge is -2.08. The molecule has 0 saturated heterocycles. The Labute approximate surface area is 140 Å². The Hall–Kier alpha value is -1.84. The Bertz CT molecular complexity index is 519. The fraction of sp³-hybridized carbons (Fsp3) is 0.308. The second-order valence-electron chi connectivity index (χ2n) is 4.29. The first-order valence-corrected chi connectivity index (χ1v) is 6.16. The van der Waals surface area contributed by atoms with E-state index in [1.165, 1.54) is 6.07 Å². The summed E-state index contributed by atoms with van der Waals surface area (Å²) in [5.41, 5.74) is 7.10. The SMILES string of the molecule is C=C(C)CN=C(N)NCCNc1ccccc1[N+](=O)[O-].I. The van der Waals surface area contributed by atoms with Crippen LogP contribution in [0.5, 0.6) is 0 Å². The van der Waals surface area contributed by atoms with Gasteiger partial charge in [-0.2, -0.15) is 0 Å². The number of rotatable bonds is 7. The Morgan fingerprint density at radius 2 is 2.10 bits per heavy atom. The van der Waals surface area contributed by atoms with Gasteiger partial charge in [-0.25, -0.2) is 4.99 Å². The average molecular weight is 405 g/mol. The fourth-order valence-electron chi connectivity index (χ4n) is 1.45. The summed E-state index contributed by atoms with van der Waals surface area (Å²) >= 11 is 0. The van der Waals surface area contributed by atoms with Crippen LogP contribution in [0.1, 0.15) is 6.92 Å². The maximum atomic E-state index is 10.8. The molecule has 1 aromatic carbocycles. The van der Waals surface area contributed by atoms with E-state index < -0.39 is 4.92 Å². The van der Waals surface area contributed by atoms with E-state index in [0.717, 1.165) is 5.57 Å². The van der Waals surface area contributed by atoms with E-state index in [9.17, 15) is 10.1 Å². The number of para-hydroxylation sites is 2. The molecule has 0 unspecified atom stereocenters. The maximum Gasteiger partial charge on any atom is 0.292 e. The molecule has 0 aromatic heterocycles. The van der Waals surface area contributed by atoms with E-state index in [1.807, 2.05) is 6.92 Å². The number of benzene rings is 1. The number of nitro groups is 1. The summed E-state index contributed by atoms with van der Waals surface area (Å²) < 4.78 is 0. The molecule has 0 aliphatic carbocycles. The van der Waals surface area contributed by atoms with E-state index in [1.54, 1.807) is 18.2 Å². The summed E-state index contributed by atoms with van der Waals surface area (Å²) in [5, 5.41) is 16.7. The molecule has 116 valence electrons. The van der Waals surface area contributed by atoms with E-state index >= 15 is 0 Å². The second-order valence-corrected chi connectivity index (χ2v) is 4.29. The van der Waals surface area contributed by atoms with Crippen LogP contribution in [-0.2, 0) is 0 Å². The number of guanidine groups is 1. The highest BCUT2D eigenvalue weighted by Gasteiger charge is 2.10. The average Bonchev–Trinajstić information content (AvgIpc) is 2.41. The van der Waals surface area contributed by atoms with Crippen molar-refractivity contribution in [3.63, 3.8) is 0 Å². The normalized spacial score (nSPS) is 10.4. The van der Waals surface area contributed by atoms with E-state index in [0.29, 0.717) is 31.3 Å². The summed E-state index contributed by atoms with van der Waals surface area (Å²) in [5.74, 6) is 0.331. The summed E-state index contributed by atoms with van der Waals surface area (Å²) in [7, 11) is 0. The molecule has 0 bridgehead atoms. The second kappa shape index (κ2) is 9.97. The van der Waals surface area contributed by atoms with Crippen molar-refractivity contribution in [1.29, 1.82) is 0 Å². The summed E-state index contributed by atoms with van der Waals surface area (Å²) in [4.78, 5) is 14.5. The van der Waals surface area contributed by atoms with Crippen LogP contribution < -0.4 is 16.4 Å². The highest BCUT2D eigenvalue weighted by Crippen LogP contribution is 2.22. The predicted octanol–water partition coefficient (Wildman–Crippen LogP) is 2.11. The van der Waals surface area contributed by atoms with Gasteiger partial charge in [-0.1, -0.05) is 24.3 Å². The van der Waals surface area contributed by atoms with Crippen LogP contribution in [0.25, 0.3) is 0 Å². The van der Waals surface area contributed by atoms with Gasteiger partial charge in [0.25, 0.3) is 5.69 Å². The van der Waals surface area contributed by atoms with Crippen molar-refractivity contribution < 1.29 is 4.92 Å². The molecule has 0 atom stereocenters. The molecule has 8 heteroatoms. The molecular weight excluding hydrogens is 385 g/mol. The van der Waals surface area contributed by atoms with E-state index in [4.69, 9.17) is 5.73 Å². The van der Waals surface area contributed by atoms with Crippen LogP contribution in [0.15, 0.2) is 41.4 Å². The molecule has 0 spiro atoms. The van der Waals surface area contributed by atoms with Crippen molar-refractivity contribution in [2.24, 2.45) is 10.7 Å². The van der Waals surface area contributed by atoms with Crippen LogP contribution in [0, 0.1) is 10.1 Å². The number of nitrogens with two attached hydrogens (primary N) is 1. The van der Waals surface area contributed by atoms with Gasteiger partial charge in [-0.05, 0) is 13.0 Å². The molecule has 0 heterocycles. The summed E-state index contributed by atoms with van der Waals surface area (Å²) in [6.45, 7) is 7.08. The highest BCUT2D eigenvalue weighted by atomic mass is 127. The first-order valence-electron chi connectivity index (χ1n) is 6.16. The Kier molecular flexibility index (Phi) is 9.10. The zero-order valence-electron chi connectivity index (χ0n) is 11.8. The number of aliphatic imine (C=N–C) groups is 1. The topological polar surface area (TPSA) is 106 Å². The molecule has 1 aromatic rings. The van der Waals surface area contributed by atoms with Crippen LogP contribution >= 0.6 is 24.0 Å². The van der Waals surface area contributed by atoms with E-state index in [2.05, 4.69) is 22.2 Å². The van der Waals surface area contributed by atoms with Gasteiger partial charge in [0.15, 0.2) is 5.96 Å². The van der Waals surface area contributed by atoms with Gasteiger partial charge >= 0.3 is 0 Å². The van der Waals surface area contributed by atoms with Crippen molar-refractivity contribution in [3.8, 4) is 0 Å². The smallest absolute Gasteiger partial charge is 0.292 e. The van der Waals surface area contributed by atoms with Crippen molar-refractivity contribution in [2.45, 2.75) is 6.92 Å². The number of hydrogen-bond donors (Lipinski definition) is 3. The van der Waals surface area contributed by atoms with Gasteiger partial charge in [0.1, 0.15) is 5.69 Å². The number of halogens is 1. The standard InChI is InChI=1S/C13H19N5O2.HI/c1-10(2)9-17-13(14)16-8-7-15-11-5-3-4-6-12(11)18(19)20;/h3-6,15H,1,7-9H2,2H3,(H3,14,16,17);1H. The van der Waals surface area contributed by atoms with Crippen LogP contribution in [-0.4, -0.2) is 30.5 Å². The number of nitro benzene ring substituents is 1. The number of anilines is 1.